The highest BCUT2D eigenvalue weighted by Crippen LogP contribution is 2.64. The first kappa shape index (κ1) is 25.5. The third-order valence-electron chi connectivity index (χ3n) is 10.5. The molecule has 4 fully saturated rings. The van der Waals surface area contributed by atoms with Crippen LogP contribution in [0.25, 0.3) is 0 Å². The largest absolute Gasteiger partial charge is 0.497 e. The van der Waals surface area contributed by atoms with Crippen LogP contribution in [-0.2, 0) is 16.2 Å². The summed E-state index contributed by atoms with van der Waals surface area (Å²) in [5, 5.41) is 12.2. The number of hydroxylamine groups is 2. The van der Waals surface area contributed by atoms with Gasteiger partial charge in [0.2, 0.25) is 5.91 Å². The first-order valence-corrected chi connectivity index (χ1v) is 14.4. The standard InChI is InChI=1S/C29H42BrNO4/c1-28(33)11-9-22-19(16-28)5-6-24-23(22)10-12-29(2)25(24)7-8-26(29)27(32)31(35-4)17-18-13-20(30)15-21(14-18)34-3/h13-15,19,22-26,33H,5-12,16-17H2,1-4H3/t19-,22-,23+,24+,25-,26+,28+,29-/m0/s1. The number of hydrogen-bond donors (Lipinski definition) is 1. The lowest BCUT2D eigenvalue weighted by atomic mass is 9.49. The van der Waals surface area contributed by atoms with Crippen LogP contribution in [0.1, 0.15) is 77.2 Å². The summed E-state index contributed by atoms with van der Waals surface area (Å²) in [6.07, 6.45) is 10.1. The molecular weight excluding hydrogens is 506 g/mol. The fourth-order valence-corrected chi connectivity index (χ4v) is 9.41. The van der Waals surface area contributed by atoms with Gasteiger partial charge in [-0.1, -0.05) is 22.9 Å². The molecule has 0 saturated heterocycles. The van der Waals surface area contributed by atoms with Crippen LogP contribution in [0.2, 0.25) is 0 Å². The number of methoxy groups -OCH3 is 1. The minimum absolute atomic E-state index is 0.0206. The minimum atomic E-state index is -0.468. The van der Waals surface area contributed by atoms with Gasteiger partial charge in [0.25, 0.3) is 0 Å². The predicted molar refractivity (Wildman–Crippen MR) is 139 cm³/mol. The van der Waals surface area contributed by atoms with Gasteiger partial charge in [-0.2, -0.15) is 0 Å². The molecule has 35 heavy (non-hydrogen) atoms. The molecule has 0 radical (unpaired) electrons. The Hall–Kier alpha value is -1.11. The molecule has 1 aromatic rings. The van der Waals surface area contributed by atoms with Crippen LogP contribution in [0.4, 0.5) is 0 Å². The number of hydrogen-bond acceptors (Lipinski definition) is 4. The topological polar surface area (TPSA) is 59.0 Å². The summed E-state index contributed by atoms with van der Waals surface area (Å²) < 4.78 is 6.34. The average molecular weight is 549 g/mol. The Balaban J connectivity index is 1.31. The van der Waals surface area contributed by atoms with Gasteiger partial charge >= 0.3 is 0 Å². The molecule has 1 amide bonds. The summed E-state index contributed by atoms with van der Waals surface area (Å²) in [6.45, 7) is 4.85. The van der Waals surface area contributed by atoms with Crippen molar-refractivity contribution in [1.29, 1.82) is 0 Å². The molecule has 0 aliphatic heterocycles. The zero-order chi connectivity index (χ0) is 25.0. The molecule has 5 nitrogen and oxygen atoms in total. The summed E-state index contributed by atoms with van der Waals surface area (Å²) >= 11 is 3.55. The van der Waals surface area contributed by atoms with Crippen LogP contribution in [0.5, 0.6) is 5.75 Å². The van der Waals surface area contributed by atoms with E-state index in [1.165, 1.54) is 25.7 Å². The summed E-state index contributed by atoms with van der Waals surface area (Å²) in [7, 11) is 3.27. The van der Waals surface area contributed by atoms with E-state index in [9.17, 15) is 9.90 Å². The van der Waals surface area contributed by atoms with Crippen molar-refractivity contribution in [1.82, 2.24) is 5.06 Å². The number of fused-ring (bicyclic) bond motifs is 5. The molecule has 1 N–H and O–H groups in total. The number of carbonyl (C=O) groups excluding carboxylic acids is 1. The number of benzene rings is 1. The Morgan fingerprint density at radius 3 is 2.54 bits per heavy atom. The van der Waals surface area contributed by atoms with Gasteiger partial charge in [-0.05, 0) is 123 Å². The lowest BCUT2D eigenvalue weighted by molar-refractivity contribution is -0.190. The first-order valence-electron chi connectivity index (χ1n) is 13.6. The van der Waals surface area contributed by atoms with E-state index in [1.54, 1.807) is 19.3 Å². The molecule has 194 valence electrons. The first-order chi connectivity index (χ1) is 16.6. The number of ether oxygens (including phenoxy) is 1. The van der Waals surface area contributed by atoms with Gasteiger partial charge in [-0.15, -0.1) is 0 Å². The second-order valence-corrected chi connectivity index (χ2v) is 13.3. The van der Waals surface area contributed by atoms with E-state index in [4.69, 9.17) is 9.57 Å². The Bertz CT molecular complexity index is 951. The molecule has 0 spiro atoms. The molecule has 0 heterocycles. The van der Waals surface area contributed by atoms with Crippen molar-refractivity contribution in [2.24, 2.45) is 40.9 Å². The monoisotopic (exact) mass is 547 g/mol. The molecule has 0 unspecified atom stereocenters. The zero-order valence-electron chi connectivity index (χ0n) is 21.8. The van der Waals surface area contributed by atoms with Crippen LogP contribution in [0, 0.1) is 40.9 Å². The van der Waals surface area contributed by atoms with Crippen molar-refractivity contribution >= 4 is 21.8 Å². The third kappa shape index (κ3) is 4.68. The number of halogens is 1. The molecule has 4 aliphatic rings. The molecule has 5 rings (SSSR count). The van der Waals surface area contributed by atoms with E-state index < -0.39 is 5.60 Å². The normalized spacial score (nSPS) is 40.4. The highest BCUT2D eigenvalue weighted by molar-refractivity contribution is 9.10. The van der Waals surface area contributed by atoms with Crippen molar-refractivity contribution in [3.63, 3.8) is 0 Å². The van der Waals surface area contributed by atoms with Gasteiger partial charge in [0.05, 0.1) is 26.4 Å². The Morgan fingerprint density at radius 2 is 1.80 bits per heavy atom. The number of carbonyl (C=O) groups is 1. The van der Waals surface area contributed by atoms with Crippen LogP contribution < -0.4 is 4.74 Å². The van der Waals surface area contributed by atoms with Gasteiger partial charge in [0.15, 0.2) is 0 Å². The quantitative estimate of drug-likeness (QED) is 0.435. The third-order valence-corrected chi connectivity index (χ3v) is 11.0. The molecule has 4 aliphatic carbocycles. The lowest BCUT2D eigenvalue weighted by Crippen LogP contribution is -2.52. The Labute approximate surface area is 219 Å². The maximum atomic E-state index is 13.9. The van der Waals surface area contributed by atoms with E-state index in [2.05, 4.69) is 22.9 Å². The summed E-state index contributed by atoms with van der Waals surface area (Å²) in [5.74, 6) is 4.53. The van der Waals surface area contributed by atoms with Crippen LogP contribution in [-0.4, -0.2) is 35.9 Å². The van der Waals surface area contributed by atoms with Crippen molar-refractivity contribution in [3.8, 4) is 5.75 Å². The molecule has 1 aromatic carbocycles. The molecule has 4 saturated carbocycles. The maximum Gasteiger partial charge on any atom is 0.250 e. The van der Waals surface area contributed by atoms with Crippen molar-refractivity contribution in [2.75, 3.05) is 14.2 Å². The van der Waals surface area contributed by atoms with Crippen molar-refractivity contribution in [3.05, 3.63) is 28.2 Å². The van der Waals surface area contributed by atoms with Gasteiger partial charge < -0.3 is 9.84 Å². The number of amides is 1. The number of rotatable bonds is 5. The Kier molecular flexibility index (Phi) is 7.04. The van der Waals surface area contributed by atoms with E-state index in [1.807, 2.05) is 25.1 Å². The molecule has 0 bridgehead atoms. The minimum Gasteiger partial charge on any atom is -0.497 e. The molecule has 6 heteroatoms. The SMILES string of the molecule is COc1cc(Br)cc(CN(OC)C(=O)[C@H]2CC[C@H]3[C@@H]4CC[C@H]5C[C@](C)(O)CC[C@@H]5[C@H]4CC[C@]23C)c1. The second-order valence-electron chi connectivity index (χ2n) is 12.4. The van der Waals surface area contributed by atoms with E-state index in [0.29, 0.717) is 18.4 Å². The molecule has 8 atom stereocenters. The zero-order valence-corrected chi connectivity index (χ0v) is 23.4. The van der Waals surface area contributed by atoms with Crippen LogP contribution in [0.15, 0.2) is 22.7 Å². The summed E-state index contributed by atoms with van der Waals surface area (Å²) in [4.78, 5) is 19.5. The van der Waals surface area contributed by atoms with E-state index >= 15 is 0 Å². The average Bonchev–Trinajstić information content (AvgIpc) is 3.18. The van der Waals surface area contributed by atoms with E-state index in [0.717, 1.165) is 65.6 Å². The van der Waals surface area contributed by atoms with Crippen molar-refractivity contribution < 1.29 is 19.5 Å². The molecular formula is C29H42BrNO4. The predicted octanol–water partition coefficient (Wildman–Crippen LogP) is 6.37. The lowest BCUT2D eigenvalue weighted by Gasteiger charge is -2.56. The smallest absolute Gasteiger partial charge is 0.250 e. The highest BCUT2D eigenvalue weighted by Gasteiger charge is 2.59. The van der Waals surface area contributed by atoms with Gasteiger partial charge in [-0.25, -0.2) is 5.06 Å². The van der Waals surface area contributed by atoms with Gasteiger partial charge in [0, 0.05) is 10.4 Å². The maximum absolute atomic E-state index is 13.9. The number of aliphatic hydroxyl groups is 1. The number of nitrogens with zero attached hydrogens (tertiary/aromatic N) is 1. The highest BCUT2D eigenvalue weighted by atomic mass is 79.9. The van der Waals surface area contributed by atoms with Crippen LogP contribution in [0.3, 0.4) is 0 Å². The van der Waals surface area contributed by atoms with E-state index in [-0.39, 0.29) is 17.2 Å². The summed E-state index contributed by atoms with van der Waals surface area (Å²) in [6, 6.07) is 5.91. The Morgan fingerprint density at radius 1 is 1.03 bits per heavy atom. The fraction of sp³-hybridized carbons (Fsp3) is 0.759. The van der Waals surface area contributed by atoms with Gasteiger partial charge in [0.1, 0.15) is 5.75 Å². The van der Waals surface area contributed by atoms with Crippen LogP contribution >= 0.6 is 15.9 Å². The van der Waals surface area contributed by atoms with Gasteiger partial charge in [-0.3, -0.25) is 9.63 Å². The fourth-order valence-electron chi connectivity index (χ4n) is 8.89. The summed E-state index contributed by atoms with van der Waals surface area (Å²) in [5.41, 5.74) is 0.572. The van der Waals surface area contributed by atoms with Crippen molar-refractivity contribution in [2.45, 2.75) is 83.8 Å². The second kappa shape index (κ2) is 9.64. The molecule has 0 aromatic heterocycles.